The van der Waals surface area contributed by atoms with Gasteiger partial charge in [-0.3, -0.25) is 14.8 Å². The first-order chi connectivity index (χ1) is 9.63. The molecular formula is C13H13N5O2. The first-order valence-electron chi connectivity index (χ1n) is 6.07. The van der Waals surface area contributed by atoms with Gasteiger partial charge in [0.25, 0.3) is 5.69 Å². The van der Waals surface area contributed by atoms with E-state index in [2.05, 4.69) is 10.4 Å². The summed E-state index contributed by atoms with van der Waals surface area (Å²) in [5, 5.41) is 26.9. The third kappa shape index (κ3) is 2.92. The lowest BCUT2D eigenvalue weighted by atomic mass is 10.1. The van der Waals surface area contributed by atoms with Gasteiger partial charge in [0.05, 0.1) is 22.4 Å². The van der Waals surface area contributed by atoms with Gasteiger partial charge in [-0.1, -0.05) is 0 Å². The lowest BCUT2D eigenvalue weighted by Gasteiger charge is -2.06. The van der Waals surface area contributed by atoms with Crippen molar-refractivity contribution in [2.45, 2.75) is 20.0 Å². The third-order valence-electron chi connectivity index (χ3n) is 2.83. The first kappa shape index (κ1) is 13.5. The number of aryl methyl sites for hydroxylation is 1. The van der Waals surface area contributed by atoms with Gasteiger partial charge in [-0.25, -0.2) is 0 Å². The van der Waals surface area contributed by atoms with Crippen LogP contribution in [0.1, 0.15) is 18.1 Å². The molecule has 0 aliphatic heterocycles. The number of rotatable bonds is 5. The average molecular weight is 271 g/mol. The number of aromatic nitrogens is 2. The number of nitrogens with zero attached hydrogens (tertiary/aromatic N) is 4. The van der Waals surface area contributed by atoms with Crippen LogP contribution in [0.4, 0.5) is 11.4 Å². The minimum absolute atomic E-state index is 0.0918. The Bertz CT molecular complexity index is 672. The molecule has 20 heavy (non-hydrogen) atoms. The van der Waals surface area contributed by atoms with Gasteiger partial charge in [-0.15, -0.1) is 0 Å². The number of hydrogen-bond donors (Lipinski definition) is 1. The van der Waals surface area contributed by atoms with Gasteiger partial charge < -0.3 is 5.32 Å². The summed E-state index contributed by atoms with van der Waals surface area (Å²) in [6.45, 7) is 3.29. The molecule has 1 N–H and O–H groups in total. The molecule has 2 rings (SSSR count). The lowest BCUT2D eigenvalue weighted by molar-refractivity contribution is -0.384. The van der Waals surface area contributed by atoms with Crippen LogP contribution in [0.5, 0.6) is 0 Å². The summed E-state index contributed by atoms with van der Waals surface area (Å²) in [6.07, 6.45) is 3.65. The summed E-state index contributed by atoms with van der Waals surface area (Å²) in [7, 11) is 0. The predicted octanol–water partition coefficient (Wildman–Crippen LogP) is 2.29. The van der Waals surface area contributed by atoms with E-state index >= 15 is 0 Å². The maximum absolute atomic E-state index is 10.7. The van der Waals surface area contributed by atoms with Crippen LogP contribution in [-0.4, -0.2) is 14.7 Å². The van der Waals surface area contributed by atoms with Crippen molar-refractivity contribution < 1.29 is 4.92 Å². The topological polar surface area (TPSA) is 96.8 Å². The van der Waals surface area contributed by atoms with Crippen LogP contribution in [0, 0.1) is 21.4 Å². The highest BCUT2D eigenvalue weighted by Crippen LogP contribution is 2.21. The Hall–Kier alpha value is -2.88. The molecule has 0 aliphatic rings. The van der Waals surface area contributed by atoms with Crippen LogP contribution in [0.2, 0.25) is 0 Å². The molecule has 1 aromatic carbocycles. The van der Waals surface area contributed by atoms with Gasteiger partial charge in [-0.2, -0.15) is 10.4 Å². The van der Waals surface area contributed by atoms with Crippen LogP contribution < -0.4 is 5.32 Å². The standard InChI is InChI=1S/C13H13N5O2/c1-2-17-9-10(8-16-17)7-15-13-4-3-12(18(19)20)5-11(13)6-14/h3-5,8-9,15H,2,7H2,1H3. The van der Waals surface area contributed by atoms with E-state index in [0.717, 1.165) is 12.1 Å². The Morgan fingerprint density at radius 2 is 2.35 bits per heavy atom. The Kier molecular flexibility index (Phi) is 3.96. The number of anilines is 1. The van der Waals surface area contributed by atoms with Crippen molar-refractivity contribution >= 4 is 11.4 Å². The summed E-state index contributed by atoms with van der Waals surface area (Å²) in [6, 6.07) is 6.13. The third-order valence-corrected chi connectivity index (χ3v) is 2.83. The van der Waals surface area contributed by atoms with E-state index in [1.807, 2.05) is 19.2 Å². The second-order valence-electron chi connectivity index (χ2n) is 4.16. The lowest BCUT2D eigenvalue weighted by Crippen LogP contribution is -2.01. The molecule has 0 bridgehead atoms. The van der Waals surface area contributed by atoms with Crippen molar-refractivity contribution in [3.63, 3.8) is 0 Å². The second-order valence-corrected chi connectivity index (χ2v) is 4.16. The molecular weight excluding hydrogens is 258 g/mol. The molecule has 1 heterocycles. The normalized spacial score (nSPS) is 10.0. The number of benzene rings is 1. The number of nitrogens with one attached hydrogen (secondary N) is 1. The van der Waals surface area contributed by atoms with E-state index in [-0.39, 0.29) is 11.3 Å². The van der Waals surface area contributed by atoms with Gasteiger partial charge in [-0.05, 0) is 13.0 Å². The van der Waals surface area contributed by atoms with Crippen molar-refractivity contribution in [3.05, 3.63) is 51.8 Å². The quantitative estimate of drug-likeness (QED) is 0.664. The highest BCUT2D eigenvalue weighted by molar-refractivity contribution is 5.61. The number of nitriles is 1. The number of nitro groups is 1. The highest BCUT2D eigenvalue weighted by atomic mass is 16.6. The van der Waals surface area contributed by atoms with Crippen molar-refractivity contribution in [1.82, 2.24) is 9.78 Å². The summed E-state index contributed by atoms with van der Waals surface area (Å²) in [4.78, 5) is 10.1. The molecule has 0 atom stereocenters. The molecule has 0 unspecified atom stereocenters. The summed E-state index contributed by atoms with van der Waals surface area (Å²) in [5.41, 5.74) is 1.71. The Balaban J connectivity index is 2.13. The monoisotopic (exact) mass is 271 g/mol. The zero-order valence-corrected chi connectivity index (χ0v) is 10.9. The summed E-state index contributed by atoms with van der Waals surface area (Å²) in [5.74, 6) is 0. The van der Waals surface area contributed by atoms with Gasteiger partial charge in [0.15, 0.2) is 0 Å². The fourth-order valence-electron chi connectivity index (χ4n) is 1.76. The van der Waals surface area contributed by atoms with Crippen LogP contribution in [0.15, 0.2) is 30.6 Å². The Morgan fingerprint density at radius 1 is 1.55 bits per heavy atom. The van der Waals surface area contributed by atoms with E-state index in [0.29, 0.717) is 12.2 Å². The number of non-ortho nitro benzene ring substituents is 1. The second kappa shape index (κ2) is 5.84. The van der Waals surface area contributed by atoms with Crippen molar-refractivity contribution in [2.24, 2.45) is 0 Å². The zero-order chi connectivity index (χ0) is 14.5. The number of hydrogen-bond acceptors (Lipinski definition) is 5. The zero-order valence-electron chi connectivity index (χ0n) is 10.9. The largest absolute Gasteiger partial charge is 0.380 e. The van der Waals surface area contributed by atoms with Gasteiger partial charge >= 0.3 is 0 Å². The molecule has 102 valence electrons. The first-order valence-corrected chi connectivity index (χ1v) is 6.07. The Labute approximate surface area is 115 Å². The minimum atomic E-state index is -0.518. The molecule has 0 spiro atoms. The molecule has 7 nitrogen and oxygen atoms in total. The summed E-state index contributed by atoms with van der Waals surface area (Å²) >= 11 is 0. The fourth-order valence-corrected chi connectivity index (χ4v) is 1.76. The summed E-state index contributed by atoms with van der Waals surface area (Å²) < 4.78 is 1.80. The SMILES string of the molecule is CCn1cc(CNc2ccc([N+](=O)[O-])cc2C#N)cn1. The van der Waals surface area contributed by atoms with Crippen LogP contribution >= 0.6 is 0 Å². The van der Waals surface area contributed by atoms with E-state index < -0.39 is 4.92 Å². The van der Waals surface area contributed by atoms with Crippen molar-refractivity contribution in [2.75, 3.05) is 5.32 Å². The van der Waals surface area contributed by atoms with E-state index in [9.17, 15) is 10.1 Å². The number of nitro benzene ring substituents is 1. The van der Waals surface area contributed by atoms with Crippen molar-refractivity contribution in [3.8, 4) is 6.07 Å². The minimum Gasteiger partial charge on any atom is -0.380 e. The molecule has 0 fully saturated rings. The molecule has 0 saturated carbocycles. The molecule has 0 radical (unpaired) electrons. The fraction of sp³-hybridized carbons (Fsp3) is 0.231. The van der Waals surface area contributed by atoms with Gasteiger partial charge in [0.2, 0.25) is 0 Å². The van der Waals surface area contributed by atoms with E-state index in [1.54, 1.807) is 16.9 Å². The molecule has 0 saturated heterocycles. The highest BCUT2D eigenvalue weighted by Gasteiger charge is 2.10. The maximum atomic E-state index is 10.7. The van der Waals surface area contributed by atoms with Crippen LogP contribution in [0.25, 0.3) is 0 Å². The Morgan fingerprint density at radius 3 is 2.95 bits per heavy atom. The predicted molar refractivity (Wildman–Crippen MR) is 73.0 cm³/mol. The maximum Gasteiger partial charge on any atom is 0.270 e. The average Bonchev–Trinajstić information content (AvgIpc) is 2.92. The van der Waals surface area contributed by atoms with E-state index in [1.165, 1.54) is 12.1 Å². The van der Waals surface area contributed by atoms with Crippen LogP contribution in [0.3, 0.4) is 0 Å². The molecule has 7 heteroatoms. The molecule has 0 aliphatic carbocycles. The smallest absolute Gasteiger partial charge is 0.270 e. The van der Waals surface area contributed by atoms with Crippen molar-refractivity contribution in [1.29, 1.82) is 5.26 Å². The molecule has 1 aromatic heterocycles. The molecule has 2 aromatic rings. The van der Waals surface area contributed by atoms with Gasteiger partial charge in [0, 0.05) is 37.0 Å². The van der Waals surface area contributed by atoms with E-state index in [4.69, 9.17) is 5.26 Å². The molecule has 0 amide bonds. The van der Waals surface area contributed by atoms with Gasteiger partial charge in [0.1, 0.15) is 6.07 Å². The van der Waals surface area contributed by atoms with Crippen LogP contribution in [-0.2, 0) is 13.1 Å².